The molecule has 2 aliphatic heterocycles. The Morgan fingerprint density at radius 1 is 0.964 bits per heavy atom. The number of nitrogens with zero attached hydrogens (tertiary/aromatic N) is 2. The minimum absolute atomic E-state index is 0.277. The van der Waals surface area contributed by atoms with E-state index in [-0.39, 0.29) is 6.61 Å². The highest BCUT2D eigenvalue weighted by Gasteiger charge is 2.20. The SMILES string of the molecule is OC(COc1ccc(Cl)cc1)CN1CCN(Cc2ccc3c(c2)OCO3)CC1. The average Bonchev–Trinajstić information content (AvgIpc) is 3.17. The van der Waals surface area contributed by atoms with Crippen LogP contribution in [0, 0.1) is 0 Å². The number of ether oxygens (including phenoxy) is 3. The molecule has 0 saturated carbocycles. The fraction of sp³-hybridized carbons (Fsp3) is 0.429. The lowest BCUT2D eigenvalue weighted by atomic mass is 10.1. The molecule has 2 aromatic carbocycles. The van der Waals surface area contributed by atoms with E-state index >= 15 is 0 Å². The number of rotatable bonds is 7. The summed E-state index contributed by atoms with van der Waals surface area (Å²) in [6.07, 6.45) is -0.518. The largest absolute Gasteiger partial charge is 0.491 e. The Labute approximate surface area is 170 Å². The van der Waals surface area contributed by atoms with Crippen LogP contribution >= 0.6 is 11.6 Å². The van der Waals surface area contributed by atoms with E-state index in [1.165, 1.54) is 5.56 Å². The molecule has 0 amide bonds. The zero-order valence-electron chi connectivity index (χ0n) is 15.7. The van der Waals surface area contributed by atoms with Gasteiger partial charge in [0.1, 0.15) is 18.5 Å². The predicted octanol–water partition coefficient (Wildman–Crippen LogP) is 2.63. The molecule has 1 fully saturated rings. The van der Waals surface area contributed by atoms with Crippen LogP contribution in [-0.2, 0) is 6.54 Å². The van der Waals surface area contributed by atoms with Crippen molar-refractivity contribution in [3.8, 4) is 17.2 Å². The van der Waals surface area contributed by atoms with Gasteiger partial charge in [-0.3, -0.25) is 9.80 Å². The van der Waals surface area contributed by atoms with Gasteiger partial charge in [0, 0.05) is 44.3 Å². The van der Waals surface area contributed by atoms with Gasteiger partial charge in [-0.1, -0.05) is 17.7 Å². The van der Waals surface area contributed by atoms with E-state index in [9.17, 15) is 5.11 Å². The molecule has 0 aromatic heterocycles. The highest BCUT2D eigenvalue weighted by atomic mass is 35.5. The molecule has 6 nitrogen and oxygen atoms in total. The third-order valence-corrected chi connectivity index (χ3v) is 5.29. The number of β-amino-alcohol motifs (C(OH)–C–C–N with tert-alkyl or cyclic N) is 1. The van der Waals surface area contributed by atoms with Gasteiger partial charge in [-0.15, -0.1) is 0 Å². The summed E-state index contributed by atoms with van der Waals surface area (Å²) < 4.78 is 16.5. The van der Waals surface area contributed by atoms with E-state index in [0.29, 0.717) is 18.4 Å². The number of fused-ring (bicyclic) bond motifs is 1. The van der Waals surface area contributed by atoms with Gasteiger partial charge in [-0.05, 0) is 42.0 Å². The van der Waals surface area contributed by atoms with E-state index in [1.54, 1.807) is 12.1 Å². The van der Waals surface area contributed by atoms with Crippen molar-refractivity contribution in [3.05, 3.63) is 53.1 Å². The minimum Gasteiger partial charge on any atom is -0.491 e. The lowest BCUT2D eigenvalue weighted by Gasteiger charge is -2.35. The fourth-order valence-electron chi connectivity index (χ4n) is 3.50. The predicted molar refractivity (Wildman–Crippen MR) is 107 cm³/mol. The number of benzene rings is 2. The van der Waals surface area contributed by atoms with Crippen LogP contribution in [0.25, 0.3) is 0 Å². The first-order chi connectivity index (χ1) is 13.7. The van der Waals surface area contributed by atoms with Crippen molar-refractivity contribution in [1.82, 2.24) is 9.80 Å². The second-order valence-corrected chi connectivity index (χ2v) is 7.62. The van der Waals surface area contributed by atoms with Gasteiger partial charge in [0.15, 0.2) is 11.5 Å². The molecule has 1 atom stereocenters. The summed E-state index contributed by atoms with van der Waals surface area (Å²) in [6.45, 7) is 5.91. The molecule has 28 heavy (non-hydrogen) atoms. The third-order valence-electron chi connectivity index (χ3n) is 5.03. The Balaban J connectivity index is 1.18. The lowest BCUT2D eigenvalue weighted by Crippen LogP contribution is -2.48. The average molecular weight is 405 g/mol. The molecule has 1 unspecified atom stereocenters. The smallest absolute Gasteiger partial charge is 0.231 e. The fourth-order valence-corrected chi connectivity index (χ4v) is 3.63. The Hall–Kier alpha value is -1.99. The van der Waals surface area contributed by atoms with Crippen molar-refractivity contribution in [3.63, 3.8) is 0 Å². The number of piperazine rings is 1. The summed E-state index contributed by atoms with van der Waals surface area (Å²) in [6, 6.07) is 13.3. The van der Waals surface area contributed by atoms with Gasteiger partial charge < -0.3 is 19.3 Å². The molecule has 2 aromatic rings. The molecule has 0 bridgehead atoms. The summed E-state index contributed by atoms with van der Waals surface area (Å²) in [7, 11) is 0. The van der Waals surface area contributed by atoms with Crippen LogP contribution in [0.1, 0.15) is 5.56 Å². The zero-order valence-corrected chi connectivity index (χ0v) is 16.5. The van der Waals surface area contributed by atoms with E-state index in [1.807, 2.05) is 18.2 Å². The van der Waals surface area contributed by atoms with Crippen LogP contribution in [0.5, 0.6) is 17.2 Å². The quantitative estimate of drug-likeness (QED) is 0.765. The normalized spacial score (nSPS) is 18.2. The Bertz CT molecular complexity index is 778. The topological polar surface area (TPSA) is 54.4 Å². The van der Waals surface area contributed by atoms with Gasteiger partial charge in [0.2, 0.25) is 6.79 Å². The molecule has 0 aliphatic carbocycles. The van der Waals surface area contributed by atoms with E-state index in [0.717, 1.165) is 50.0 Å². The molecule has 1 N–H and O–H groups in total. The van der Waals surface area contributed by atoms with Crippen molar-refractivity contribution in [2.24, 2.45) is 0 Å². The summed E-state index contributed by atoms with van der Waals surface area (Å²) in [5, 5.41) is 10.9. The molecule has 7 heteroatoms. The number of aliphatic hydroxyl groups is 1. The molecule has 2 heterocycles. The van der Waals surface area contributed by atoms with Gasteiger partial charge in [0.05, 0.1) is 0 Å². The summed E-state index contributed by atoms with van der Waals surface area (Å²) in [5.74, 6) is 2.38. The van der Waals surface area contributed by atoms with E-state index in [2.05, 4.69) is 21.9 Å². The van der Waals surface area contributed by atoms with Gasteiger partial charge in [0.25, 0.3) is 0 Å². The highest BCUT2D eigenvalue weighted by Crippen LogP contribution is 2.32. The summed E-state index contributed by atoms with van der Waals surface area (Å²) in [5.41, 5.74) is 1.23. The molecular formula is C21H25ClN2O4. The first kappa shape index (κ1) is 19.3. The van der Waals surface area contributed by atoms with Crippen LogP contribution < -0.4 is 14.2 Å². The first-order valence-corrected chi connectivity index (χ1v) is 9.93. The summed E-state index contributed by atoms with van der Waals surface area (Å²) in [4.78, 5) is 4.71. The second kappa shape index (κ2) is 9.01. The molecule has 4 rings (SSSR count). The van der Waals surface area contributed by atoms with Crippen molar-refractivity contribution in [1.29, 1.82) is 0 Å². The monoisotopic (exact) mass is 404 g/mol. The van der Waals surface area contributed by atoms with E-state index < -0.39 is 6.10 Å². The van der Waals surface area contributed by atoms with Crippen LogP contribution in [0.3, 0.4) is 0 Å². The zero-order chi connectivity index (χ0) is 19.3. The lowest BCUT2D eigenvalue weighted by molar-refractivity contribution is 0.0446. The number of hydrogen-bond acceptors (Lipinski definition) is 6. The molecule has 0 radical (unpaired) electrons. The van der Waals surface area contributed by atoms with Crippen LogP contribution in [0.2, 0.25) is 5.02 Å². The highest BCUT2D eigenvalue weighted by molar-refractivity contribution is 6.30. The standard InChI is InChI=1S/C21H25ClN2O4/c22-17-2-4-19(5-3-17)26-14-18(25)13-24-9-7-23(8-10-24)12-16-1-6-20-21(11-16)28-15-27-20/h1-6,11,18,25H,7-10,12-15H2. The maximum Gasteiger partial charge on any atom is 0.231 e. The Morgan fingerprint density at radius 3 is 2.46 bits per heavy atom. The second-order valence-electron chi connectivity index (χ2n) is 7.18. The number of aliphatic hydroxyl groups excluding tert-OH is 1. The van der Waals surface area contributed by atoms with Crippen LogP contribution in [0.15, 0.2) is 42.5 Å². The number of halogens is 1. The molecule has 2 aliphatic rings. The van der Waals surface area contributed by atoms with Crippen molar-refractivity contribution in [2.45, 2.75) is 12.6 Å². The van der Waals surface area contributed by atoms with Crippen molar-refractivity contribution in [2.75, 3.05) is 46.1 Å². The van der Waals surface area contributed by atoms with Crippen LogP contribution in [-0.4, -0.2) is 67.1 Å². The van der Waals surface area contributed by atoms with E-state index in [4.69, 9.17) is 25.8 Å². The molecule has 150 valence electrons. The molecular weight excluding hydrogens is 380 g/mol. The molecule has 1 saturated heterocycles. The third kappa shape index (κ3) is 5.08. The Kier molecular flexibility index (Phi) is 6.22. The Morgan fingerprint density at radius 2 is 1.68 bits per heavy atom. The maximum atomic E-state index is 10.3. The van der Waals surface area contributed by atoms with Crippen LogP contribution in [0.4, 0.5) is 0 Å². The summed E-state index contributed by atoms with van der Waals surface area (Å²) >= 11 is 5.86. The van der Waals surface area contributed by atoms with Crippen molar-refractivity contribution >= 4 is 11.6 Å². The minimum atomic E-state index is -0.518. The number of hydrogen-bond donors (Lipinski definition) is 1. The van der Waals surface area contributed by atoms with Gasteiger partial charge in [-0.2, -0.15) is 0 Å². The maximum absolute atomic E-state index is 10.3. The molecule has 0 spiro atoms. The van der Waals surface area contributed by atoms with Gasteiger partial charge >= 0.3 is 0 Å². The van der Waals surface area contributed by atoms with Crippen molar-refractivity contribution < 1.29 is 19.3 Å². The van der Waals surface area contributed by atoms with Gasteiger partial charge in [-0.25, -0.2) is 0 Å². The first-order valence-electron chi connectivity index (χ1n) is 9.55.